The average Bonchev–Trinajstić information content (AvgIpc) is 2.38. The second kappa shape index (κ2) is 6.50. The van der Waals surface area contributed by atoms with Gasteiger partial charge in [-0.1, -0.05) is 50.8 Å². The van der Waals surface area contributed by atoms with E-state index in [1.807, 2.05) is 17.1 Å². The molecule has 1 aromatic rings. The van der Waals surface area contributed by atoms with Crippen molar-refractivity contribution < 1.29 is 8.42 Å². The van der Waals surface area contributed by atoms with Crippen molar-refractivity contribution in [2.75, 3.05) is 6.54 Å². The molecule has 0 aliphatic carbocycles. The molecule has 2 rings (SSSR count). The number of hydrogen-bond donors (Lipinski definition) is 1. The predicted octanol–water partition coefficient (Wildman–Crippen LogP) is 2.67. The maximum absolute atomic E-state index is 12.1. The molecule has 19 heavy (non-hydrogen) atoms. The molecule has 5 heteroatoms. The first-order valence-electron chi connectivity index (χ1n) is 6.99. The fourth-order valence-electron chi connectivity index (χ4n) is 2.38. The van der Waals surface area contributed by atoms with Gasteiger partial charge in [0, 0.05) is 13.1 Å². The fourth-order valence-corrected chi connectivity index (χ4v) is 3.71. The van der Waals surface area contributed by atoms with E-state index in [0.29, 0.717) is 11.4 Å². The van der Waals surface area contributed by atoms with Crippen molar-refractivity contribution in [3.8, 4) is 0 Å². The highest BCUT2D eigenvalue weighted by Crippen LogP contribution is 2.22. The molecule has 1 aliphatic heterocycles. The average molecular weight is 282 g/mol. The Balaban J connectivity index is 1.93. The van der Waals surface area contributed by atoms with Crippen LogP contribution in [0.1, 0.15) is 44.6 Å². The van der Waals surface area contributed by atoms with Crippen LogP contribution in [0.3, 0.4) is 0 Å². The van der Waals surface area contributed by atoms with Crippen LogP contribution in [0, 0.1) is 0 Å². The van der Waals surface area contributed by atoms with E-state index in [4.69, 9.17) is 0 Å². The van der Waals surface area contributed by atoms with Crippen LogP contribution in [-0.4, -0.2) is 20.0 Å². The molecular weight excluding hydrogens is 260 g/mol. The maximum atomic E-state index is 12.1. The zero-order valence-electron chi connectivity index (χ0n) is 11.4. The van der Waals surface area contributed by atoms with Crippen LogP contribution in [0.25, 0.3) is 0 Å². The van der Waals surface area contributed by atoms with Crippen molar-refractivity contribution in [1.82, 2.24) is 9.84 Å². The van der Waals surface area contributed by atoms with Crippen molar-refractivity contribution in [1.29, 1.82) is 0 Å². The van der Waals surface area contributed by atoms with E-state index in [0.717, 1.165) is 24.9 Å². The zero-order valence-corrected chi connectivity index (χ0v) is 12.2. The first-order chi connectivity index (χ1) is 9.13. The van der Waals surface area contributed by atoms with Crippen molar-refractivity contribution in [2.45, 2.75) is 50.5 Å². The number of hydrazine groups is 1. The molecule has 0 unspecified atom stereocenters. The van der Waals surface area contributed by atoms with Gasteiger partial charge in [0.05, 0.1) is 4.90 Å². The molecule has 0 aromatic heterocycles. The lowest BCUT2D eigenvalue weighted by molar-refractivity contribution is 0.216. The smallest absolute Gasteiger partial charge is 0.226 e. The van der Waals surface area contributed by atoms with E-state index >= 15 is 0 Å². The first-order valence-corrected chi connectivity index (χ1v) is 8.47. The van der Waals surface area contributed by atoms with Crippen LogP contribution in [0.2, 0.25) is 0 Å². The van der Waals surface area contributed by atoms with Gasteiger partial charge in [-0.25, -0.2) is 13.4 Å². The number of nitrogens with one attached hydrogen (secondary N) is 1. The second-order valence-corrected chi connectivity index (χ2v) is 6.67. The lowest BCUT2D eigenvalue weighted by Gasteiger charge is -2.29. The second-order valence-electron chi connectivity index (χ2n) is 5.04. The Morgan fingerprint density at radius 2 is 1.89 bits per heavy atom. The normalized spacial score (nSPS) is 18.2. The van der Waals surface area contributed by atoms with Gasteiger partial charge in [0.25, 0.3) is 10.0 Å². The fraction of sp³-hybridized carbons (Fsp3) is 0.571. The number of sulfonamides is 1. The molecule has 0 atom stereocenters. The molecule has 0 saturated heterocycles. The molecule has 1 aliphatic rings. The number of hydrogen-bond acceptors (Lipinski definition) is 3. The van der Waals surface area contributed by atoms with Crippen LogP contribution >= 0.6 is 0 Å². The highest BCUT2D eigenvalue weighted by atomic mass is 32.2. The quantitative estimate of drug-likeness (QED) is 0.816. The highest BCUT2D eigenvalue weighted by molar-refractivity contribution is 7.89. The molecular formula is C14H22N2O2S. The van der Waals surface area contributed by atoms with Crippen LogP contribution in [0.5, 0.6) is 0 Å². The lowest BCUT2D eigenvalue weighted by atomic mass is 10.1. The summed E-state index contributed by atoms with van der Waals surface area (Å²) in [6, 6.07) is 7.20. The Kier molecular flexibility index (Phi) is 4.96. The van der Waals surface area contributed by atoms with E-state index in [1.54, 1.807) is 12.1 Å². The Morgan fingerprint density at radius 1 is 1.16 bits per heavy atom. The van der Waals surface area contributed by atoms with Crippen molar-refractivity contribution in [3.63, 3.8) is 0 Å². The van der Waals surface area contributed by atoms with Crippen LogP contribution in [0.4, 0.5) is 0 Å². The SMILES string of the molecule is CCCCCCCN1Cc2ccccc2S(=O)(=O)N1. The molecule has 0 bridgehead atoms. The third-order valence-corrected chi connectivity index (χ3v) is 4.88. The summed E-state index contributed by atoms with van der Waals surface area (Å²) in [4.78, 5) is 3.06. The van der Waals surface area contributed by atoms with Crippen molar-refractivity contribution >= 4 is 10.0 Å². The standard InChI is InChI=1S/C14H22N2O2S/c1-2-3-4-5-8-11-16-12-13-9-6-7-10-14(13)19(17,18)15-16/h6-7,9-10,15H,2-5,8,11-12H2,1H3. The third kappa shape index (κ3) is 3.78. The topological polar surface area (TPSA) is 49.4 Å². The maximum Gasteiger partial charge on any atom is 0.253 e. The number of benzene rings is 1. The molecule has 1 heterocycles. The van der Waals surface area contributed by atoms with E-state index in [9.17, 15) is 8.42 Å². The summed E-state index contributed by atoms with van der Waals surface area (Å²) in [6.45, 7) is 3.62. The summed E-state index contributed by atoms with van der Waals surface area (Å²) in [5.41, 5.74) is 0.884. The molecule has 1 N–H and O–H groups in total. The Labute approximate surface area is 115 Å². The summed E-state index contributed by atoms with van der Waals surface area (Å²) >= 11 is 0. The van der Waals surface area contributed by atoms with E-state index in [1.165, 1.54) is 19.3 Å². The van der Waals surface area contributed by atoms with Gasteiger partial charge in [-0.2, -0.15) is 0 Å². The van der Waals surface area contributed by atoms with Gasteiger partial charge in [-0.15, -0.1) is 4.83 Å². The molecule has 0 saturated carbocycles. The molecule has 0 fully saturated rings. The summed E-state index contributed by atoms with van der Waals surface area (Å²) in [5, 5.41) is 1.81. The van der Waals surface area contributed by atoms with E-state index in [2.05, 4.69) is 11.8 Å². The van der Waals surface area contributed by atoms with Gasteiger partial charge in [-0.05, 0) is 18.1 Å². The Hall–Kier alpha value is -0.910. The molecule has 1 aromatic carbocycles. The van der Waals surface area contributed by atoms with Gasteiger partial charge in [0.2, 0.25) is 0 Å². The molecule has 106 valence electrons. The van der Waals surface area contributed by atoms with Gasteiger partial charge in [-0.3, -0.25) is 0 Å². The van der Waals surface area contributed by atoms with E-state index < -0.39 is 10.0 Å². The Morgan fingerprint density at radius 3 is 2.68 bits per heavy atom. The number of nitrogens with zero attached hydrogens (tertiary/aromatic N) is 1. The predicted molar refractivity (Wildman–Crippen MR) is 75.9 cm³/mol. The minimum Gasteiger partial charge on any atom is -0.226 e. The van der Waals surface area contributed by atoms with Gasteiger partial charge < -0.3 is 0 Å². The van der Waals surface area contributed by atoms with E-state index in [-0.39, 0.29) is 0 Å². The van der Waals surface area contributed by atoms with Crippen LogP contribution in [0.15, 0.2) is 29.2 Å². The summed E-state index contributed by atoms with van der Waals surface area (Å²) in [7, 11) is -3.36. The van der Waals surface area contributed by atoms with Gasteiger partial charge in [0.1, 0.15) is 0 Å². The van der Waals surface area contributed by atoms with Crippen LogP contribution in [-0.2, 0) is 16.6 Å². The zero-order chi connectivity index (χ0) is 13.7. The van der Waals surface area contributed by atoms with Gasteiger partial charge >= 0.3 is 0 Å². The first kappa shape index (κ1) is 14.5. The monoisotopic (exact) mass is 282 g/mol. The summed E-state index contributed by atoms with van der Waals surface area (Å²) in [6.07, 6.45) is 5.91. The highest BCUT2D eigenvalue weighted by Gasteiger charge is 2.26. The minimum absolute atomic E-state index is 0.414. The minimum atomic E-state index is -3.36. The summed E-state index contributed by atoms with van der Waals surface area (Å²) in [5.74, 6) is 0. The molecule has 0 spiro atoms. The van der Waals surface area contributed by atoms with Crippen molar-refractivity contribution in [3.05, 3.63) is 29.8 Å². The van der Waals surface area contributed by atoms with Crippen molar-refractivity contribution in [2.24, 2.45) is 0 Å². The number of rotatable bonds is 6. The third-order valence-electron chi connectivity index (χ3n) is 3.40. The Bertz CT molecular complexity index is 514. The van der Waals surface area contributed by atoms with Crippen LogP contribution < -0.4 is 4.83 Å². The molecule has 0 radical (unpaired) electrons. The largest absolute Gasteiger partial charge is 0.253 e. The number of unbranched alkanes of at least 4 members (excludes halogenated alkanes) is 4. The lowest BCUT2D eigenvalue weighted by Crippen LogP contribution is -2.46. The molecule has 4 nitrogen and oxygen atoms in total. The summed E-state index contributed by atoms with van der Waals surface area (Å²) < 4.78 is 24.1. The number of fused-ring (bicyclic) bond motifs is 1. The molecule has 0 amide bonds. The van der Waals surface area contributed by atoms with Gasteiger partial charge in [0.15, 0.2) is 0 Å².